The van der Waals surface area contributed by atoms with Crippen LogP contribution in [0, 0.1) is 6.92 Å². The molecule has 1 heterocycles. The Morgan fingerprint density at radius 1 is 1.37 bits per heavy atom. The number of nitrogens with zero attached hydrogens (tertiary/aromatic N) is 1. The van der Waals surface area contributed by atoms with Gasteiger partial charge in [-0.25, -0.2) is 0 Å². The second-order valence-electron chi connectivity index (χ2n) is 4.25. The second-order valence-corrected chi connectivity index (χ2v) is 5.17. The summed E-state index contributed by atoms with van der Waals surface area (Å²) in [4.78, 5) is 15.8. The fraction of sp³-hybridized carbons (Fsp3) is 0.200. The van der Waals surface area contributed by atoms with E-state index in [-0.39, 0.29) is 5.78 Å². The normalized spacial score (nSPS) is 10.3. The summed E-state index contributed by atoms with van der Waals surface area (Å²) in [6.45, 7) is 3.87. The minimum atomic E-state index is -0.0194. The number of hydrogen-bond acceptors (Lipinski definition) is 3. The molecule has 0 fully saturated rings. The number of pyridine rings is 1. The van der Waals surface area contributed by atoms with Gasteiger partial charge in [0.1, 0.15) is 12.4 Å². The maximum Gasteiger partial charge on any atom is 0.163 e. The fourth-order valence-corrected chi connectivity index (χ4v) is 2.08. The number of halogens is 1. The lowest BCUT2D eigenvalue weighted by Crippen LogP contribution is -2.04. The summed E-state index contributed by atoms with van der Waals surface area (Å²) in [5.41, 5.74) is 2.52. The number of ether oxygens (including phenoxy) is 1. The van der Waals surface area contributed by atoms with Crippen molar-refractivity contribution in [2.24, 2.45) is 0 Å². The number of rotatable bonds is 4. The largest absolute Gasteiger partial charge is 0.487 e. The van der Waals surface area contributed by atoms with Gasteiger partial charge in [0, 0.05) is 10.7 Å². The summed E-state index contributed by atoms with van der Waals surface area (Å²) in [5.74, 6) is 0.565. The van der Waals surface area contributed by atoms with Crippen LogP contribution >= 0.6 is 15.9 Å². The predicted octanol–water partition coefficient (Wildman–Crippen LogP) is 3.93. The first-order valence-electron chi connectivity index (χ1n) is 5.91. The number of carbonyl (C=O) groups is 1. The molecule has 0 saturated carbocycles. The lowest BCUT2D eigenvalue weighted by Gasteiger charge is -2.11. The van der Waals surface area contributed by atoms with Crippen LogP contribution in [0.25, 0.3) is 0 Å². The fourth-order valence-electron chi connectivity index (χ4n) is 1.72. The van der Waals surface area contributed by atoms with Crippen LogP contribution in [0.3, 0.4) is 0 Å². The van der Waals surface area contributed by atoms with E-state index in [9.17, 15) is 4.79 Å². The van der Waals surface area contributed by atoms with Crippen LogP contribution in [0.15, 0.2) is 41.0 Å². The van der Waals surface area contributed by atoms with Crippen molar-refractivity contribution in [2.45, 2.75) is 20.5 Å². The van der Waals surface area contributed by atoms with Gasteiger partial charge < -0.3 is 4.74 Å². The number of Topliss-reactive ketones (excluding diaryl/α,β-unsaturated/α-hetero) is 1. The number of ketones is 1. The van der Waals surface area contributed by atoms with E-state index in [1.54, 1.807) is 18.3 Å². The van der Waals surface area contributed by atoms with E-state index in [1.807, 2.05) is 25.1 Å². The molecule has 0 atom stereocenters. The molecule has 0 aliphatic carbocycles. The summed E-state index contributed by atoms with van der Waals surface area (Å²) in [7, 11) is 0. The van der Waals surface area contributed by atoms with Crippen molar-refractivity contribution in [3.63, 3.8) is 0 Å². The van der Waals surface area contributed by atoms with Crippen LogP contribution in [-0.4, -0.2) is 10.8 Å². The Hall–Kier alpha value is -1.68. The van der Waals surface area contributed by atoms with Gasteiger partial charge in [-0.3, -0.25) is 9.78 Å². The second kappa shape index (κ2) is 5.97. The van der Waals surface area contributed by atoms with Crippen LogP contribution in [-0.2, 0) is 6.61 Å². The molecule has 0 radical (unpaired) electrons. The molecule has 3 nitrogen and oxygen atoms in total. The maximum absolute atomic E-state index is 11.6. The van der Waals surface area contributed by atoms with Crippen LogP contribution < -0.4 is 4.74 Å². The number of benzene rings is 1. The molecule has 98 valence electrons. The van der Waals surface area contributed by atoms with Gasteiger partial charge in [-0.2, -0.15) is 0 Å². The Morgan fingerprint density at radius 3 is 2.84 bits per heavy atom. The monoisotopic (exact) mass is 319 g/mol. The molecule has 0 unspecified atom stereocenters. The van der Waals surface area contributed by atoms with Gasteiger partial charge in [0.2, 0.25) is 0 Å². The lowest BCUT2D eigenvalue weighted by molar-refractivity contribution is 0.101. The molecular weight excluding hydrogens is 306 g/mol. The first kappa shape index (κ1) is 13.7. The molecule has 0 saturated heterocycles. The molecule has 0 bridgehead atoms. The molecular formula is C15H14BrNO2. The van der Waals surface area contributed by atoms with Crippen molar-refractivity contribution in [1.82, 2.24) is 4.98 Å². The van der Waals surface area contributed by atoms with Gasteiger partial charge in [-0.15, -0.1) is 0 Å². The molecule has 0 aliphatic rings. The van der Waals surface area contributed by atoms with Crippen molar-refractivity contribution in [1.29, 1.82) is 0 Å². The summed E-state index contributed by atoms with van der Waals surface area (Å²) >= 11 is 3.35. The molecule has 1 aromatic carbocycles. The summed E-state index contributed by atoms with van der Waals surface area (Å²) in [6.07, 6.45) is 1.74. The Balaban J connectivity index is 2.20. The smallest absolute Gasteiger partial charge is 0.163 e. The first-order chi connectivity index (χ1) is 9.08. The Labute approximate surface area is 120 Å². The highest BCUT2D eigenvalue weighted by Crippen LogP contribution is 2.24. The van der Waals surface area contributed by atoms with E-state index in [4.69, 9.17) is 4.74 Å². The average Bonchev–Trinajstić information content (AvgIpc) is 2.38. The zero-order valence-corrected chi connectivity index (χ0v) is 12.4. The highest BCUT2D eigenvalue weighted by atomic mass is 79.9. The SMILES string of the molecule is CC(=O)c1cc(Br)ccc1OCc1ncccc1C. The van der Waals surface area contributed by atoms with Crippen molar-refractivity contribution < 1.29 is 9.53 Å². The van der Waals surface area contributed by atoms with Crippen molar-refractivity contribution in [2.75, 3.05) is 0 Å². The van der Waals surface area contributed by atoms with E-state index in [2.05, 4.69) is 20.9 Å². The van der Waals surface area contributed by atoms with E-state index < -0.39 is 0 Å². The maximum atomic E-state index is 11.6. The first-order valence-corrected chi connectivity index (χ1v) is 6.71. The molecule has 1 aromatic heterocycles. The summed E-state index contributed by atoms with van der Waals surface area (Å²) < 4.78 is 6.58. The Morgan fingerprint density at radius 2 is 2.16 bits per heavy atom. The van der Waals surface area contributed by atoms with E-state index in [0.29, 0.717) is 17.9 Å². The van der Waals surface area contributed by atoms with Crippen LogP contribution in [0.4, 0.5) is 0 Å². The van der Waals surface area contributed by atoms with Crippen molar-refractivity contribution in [3.8, 4) is 5.75 Å². The standard InChI is InChI=1S/C15H14BrNO2/c1-10-4-3-7-17-14(10)9-19-15-6-5-12(16)8-13(15)11(2)18/h3-8H,9H2,1-2H3. The van der Waals surface area contributed by atoms with Crippen LogP contribution in [0.1, 0.15) is 28.5 Å². The van der Waals surface area contributed by atoms with Crippen LogP contribution in [0.2, 0.25) is 0 Å². The highest BCUT2D eigenvalue weighted by molar-refractivity contribution is 9.10. The number of hydrogen-bond donors (Lipinski definition) is 0. The van der Waals surface area contributed by atoms with Crippen LogP contribution in [0.5, 0.6) is 5.75 Å². The predicted molar refractivity (Wildman–Crippen MR) is 77.5 cm³/mol. The van der Waals surface area contributed by atoms with E-state index in [1.165, 1.54) is 6.92 Å². The third-order valence-electron chi connectivity index (χ3n) is 2.80. The summed E-state index contributed by atoms with van der Waals surface area (Å²) in [6, 6.07) is 9.29. The van der Waals surface area contributed by atoms with Crippen molar-refractivity contribution >= 4 is 21.7 Å². The highest BCUT2D eigenvalue weighted by Gasteiger charge is 2.10. The molecule has 2 aromatic rings. The zero-order chi connectivity index (χ0) is 13.8. The quantitative estimate of drug-likeness (QED) is 0.801. The molecule has 0 amide bonds. The molecule has 4 heteroatoms. The number of aromatic nitrogens is 1. The molecule has 19 heavy (non-hydrogen) atoms. The minimum Gasteiger partial charge on any atom is -0.487 e. The minimum absolute atomic E-state index is 0.0194. The average molecular weight is 320 g/mol. The topological polar surface area (TPSA) is 39.2 Å². The lowest BCUT2D eigenvalue weighted by atomic mass is 10.1. The van der Waals surface area contributed by atoms with Gasteiger partial charge >= 0.3 is 0 Å². The van der Waals surface area contributed by atoms with E-state index in [0.717, 1.165) is 15.7 Å². The third kappa shape index (κ3) is 3.41. The molecule has 0 aliphatic heterocycles. The van der Waals surface area contributed by atoms with Gasteiger partial charge in [-0.1, -0.05) is 22.0 Å². The van der Waals surface area contributed by atoms with E-state index >= 15 is 0 Å². The number of carbonyl (C=O) groups excluding carboxylic acids is 1. The van der Waals surface area contributed by atoms with Gasteiger partial charge in [0.25, 0.3) is 0 Å². The third-order valence-corrected chi connectivity index (χ3v) is 3.30. The molecule has 2 rings (SSSR count). The van der Waals surface area contributed by atoms with Gasteiger partial charge in [-0.05, 0) is 43.7 Å². The zero-order valence-electron chi connectivity index (χ0n) is 10.8. The summed E-state index contributed by atoms with van der Waals surface area (Å²) in [5, 5.41) is 0. The van der Waals surface area contributed by atoms with Crippen molar-refractivity contribution in [3.05, 3.63) is 57.8 Å². The van der Waals surface area contributed by atoms with Gasteiger partial charge in [0.15, 0.2) is 5.78 Å². The molecule has 0 N–H and O–H groups in total. The Bertz CT molecular complexity index is 611. The Kier molecular flexibility index (Phi) is 4.32. The number of aryl methyl sites for hydroxylation is 1. The molecule has 0 spiro atoms. The van der Waals surface area contributed by atoms with Gasteiger partial charge in [0.05, 0.1) is 11.3 Å².